The van der Waals surface area contributed by atoms with Crippen molar-refractivity contribution in [1.82, 2.24) is 15.1 Å². The van der Waals surface area contributed by atoms with E-state index in [-0.39, 0.29) is 13.0 Å². The van der Waals surface area contributed by atoms with E-state index in [0.717, 1.165) is 25.9 Å². The fourth-order valence-corrected chi connectivity index (χ4v) is 2.36. The number of carboxylic acids is 1. The van der Waals surface area contributed by atoms with E-state index >= 15 is 0 Å². The number of nitrogens with one attached hydrogen (secondary N) is 1. The highest BCUT2D eigenvalue weighted by Crippen LogP contribution is 2.16. The Morgan fingerprint density at radius 1 is 1.40 bits per heavy atom. The quantitative estimate of drug-likeness (QED) is 0.629. The molecule has 1 atom stereocenters. The molecule has 1 aliphatic heterocycles. The van der Waals surface area contributed by atoms with Gasteiger partial charge in [0.2, 0.25) is 0 Å². The van der Waals surface area contributed by atoms with Gasteiger partial charge < -0.3 is 25.3 Å². The molecule has 1 heterocycles. The molecular formula is C13H25N3O4. The Kier molecular flexibility index (Phi) is 6.74. The van der Waals surface area contributed by atoms with E-state index in [9.17, 15) is 9.59 Å². The van der Waals surface area contributed by atoms with Crippen LogP contribution < -0.4 is 5.32 Å². The summed E-state index contributed by atoms with van der Waals surface area (Å²) in [6, 6.07) is -1.43. The van der Waals surface area contributed by atoms with Crippen LogP contribution in [0.3, 0.4) is 0 Å². The molecule has 0 aromatic rings. The third kappa shape index (κ3) is 5.34. The number of hydrogen-bond donors (Lipinski definition) is 3. The van der Waals surface area contributed by atoms with Gasteiger partial charge in [-0.15, -0.1) is 0 Å². The Hall–Kier alpha value is -1.34. The van der Waals surface area contributed by atoms with Crippen molar-refractivity contribution in [2.24, 2.45) is 5.92 Å². The van der Waals surface area contributed by atoms with Crippen LogP contribution in [-0.4, -0.2) is 78.4 Å². The number of piperidine rings is 1. The molecular weight excluding hydrogens is 262 g/mol. The summed E-state index contributed by atoms with van der Waals surface area (Å²) >= 11 is 0. The molecule has 1 aliphatic rings. The van der Waals surface area contributed by atoms with Gasteiger partial charge >= 0.3 is 12.0 Å². The molecule has 1 rings (SSSR count). The lowest BCUT2D eigenvalue weighted by Gasteiger charge is -2.32. The number of carboxylic acid groups (broad SMARTS) is 1. The van der Waals surface area contributed by atoms with Gasteiger partial charge in [-0.25, -0.2) is 9.59 Å². The largest absolute Gasteiger partial charge is 0.480 e. The number of likely N-dealkylation sites (tertiary alicyclic amines) is 1. The number of carbonyl (C=O) groups is 2. The molecule has 0 aromatic heterocycles. The second-order valence-electron chi connectivity index (χ2n) is 5.48. The van der Waals surface area contributed by atoms with Crippen LogP contribution in [0.5, 0.6) is 0 Å². The zero-order valence-corrected chi connectivity index (χ0v) is 12.2. The lowest BCUT2D eigenvalue weighted by molar-refractivity contribution is -0.139. The Morgan fingerprint density at radius 2 is 2.00 bits per heavy atom. The summed E-state index contributed by atoms with van der Waals surface area (Å²) in [5.74, 6) is -0.664. The van der Waals surface area contributed by atoms with Gasteiger partial charge in [0.25, 0.3) is 0 Å². The Balaban J connectivity index is 2.39. The molecule has 20 heavy (non-hydrogen) atoms. The first kappa shape index (κ1) is 16.7. The molecule has 0 aromatic carbocycles. The van der Waals surface area contributed by atoms with E-state index < -0.39 is 18.0 Å². The molecule has 1 unspecified atom stereocenters. The summed E-state index contributed by atoms with van der Waals surface area (Å²) in [4.78, 5) is 26.6. The Bertz CT molecular complexity index is 330. The minimum Gasteiger partial charge on any atom is -0.480 e. The van der Waals surface area contributed by atoms with Gasteiger partial charge in [0.05, 0.1) is 0 Å². The smallest absolute Gasteiger partial charge is 0.326 e. The number of urea groups is 1. The molecule has 7 nitrogen and oxygen atoms in total. The summed E-state index contributed by atoms with van der Waals surface area (Å²) in [6.45, 7) is 2.42. The summed E-state index contributed by atoms with van der Waals surface area (Å²) < 4.78 is 0. The van der Waals surface area contributed by atoms with E-state index in [0.29, 0.717) is 12.5 Å². The van der Waals surface area contributed by atoms with Crippen LogP contribution in [0.25, 0.3) is 0 Å². The van der Waals surface area contributed by atoms with Crippen molar-refractivity contribution in [2.45, 2.75) is 25.3 Å². The minimum atomic E-state index is -1.12. The van der Waals surface area contributed by atoms with Gasteiger partial charge in [-0.3, -0.25) is 0 Å². The average molecular weight is 287 g/mol. The molecule has 7 heteroatoms. The first-order chi connectivity index (χ1) is 9.43. The molecule has 0 radical (unpaired) electrons. The van der Waals surface area contributed by atoms with Crippen molar-refractivity contribution in [1.29, 1.82) is 0 Å². The maximum atomic E-state index is 11.9. The highest BCUT2D eigenvalue weighted by molar-refractivity contribution is 5.82. The van der Waals surface area contributed by atoms with Gasteiger partial charge in [-0.1, -0.05) is 0 Å². The van der Waals surface area contributed by atoms with E-state index in [1.807, 2.05) is 0 Å². The van der Waals surface area contributed by atoms with Crippen molar-refractivity contribution in [3.8, 4) is 0 Å². The van der Waals surface area contributed by atoms with Crippen LogP contribution in [0.4, 0.5) is 4.79 Å². The Morgan fingerprint density at radius 3 is 2.50 bits per heavy atom. The zero-order chi connectivity index (χ0) is 15.1. The number of aliphatic hydroxyl groups is 1. The van der Waals surface area contributed by atoms with Crippen LogP contribution >= 0.6 is 0 Å². The van der Waals surface area contributed by atoms with Crippen molar-refractivity contribution in [3.05, 3.63) is 0 Å². The fraction of sp³-hybridized carbons (Fsp3) is 0.846. The lowest BCUT2D eigenvalue weighted by Crippen LogP contribution is -2.48. The molecule has 0 spiro atoms. The first-order valence-electron chi connectivity index (χ1n) is 6.98. The standard InChI is InChI=1S/C13H25N3O4/c1-15-6-3-10(4-7-15)9-16(2)13(20)14-11(5-8-17)12(18)19/h10-11,17H,3-9H2,1-2H3,(H,14,20)(H,18,19). The van der Waals surface area contributed by atoms with Crippen LogP contribution in [0, 0.1) is 5.92 Å². The fourth-order valence-electron chi connectivity index (χ4n) is 2.36. The number of aliphatic hydroxyl groups excluding tert-OH is 1. The van der Waals surface area contributed by atoms with Gasteiger partial charge in [-0.2, -0.15) is 0 Å². The monoisotopic (exact) mass is 287 g/mol. The molecule has 0 bridgehead atoms. The first-order valence-corrected chi connectivity index (χ1v) is 6.98. The van der Waals surface area contributed by atoms with Crippen molar-refractivity contribution >= 4 is 12.0 Å². The maximum Gasteiger partial charge on any atom is 0.326 e. The van der Waals surface area contributed by atoms with E-state index in [2.05, 4.69) is 17.3 Å². The second kappa shape index (κ2) is 8.06. The number of nitrogens with zero attached hydrogens (tertiary/aromatic N) is 2. The molecule has 116 valence electrons. The zero-order valence-electron chi connectivity index (χ0n) is 12.2. The summed E-state index contributed by atoms with van der Waals surface area (Å²) in [5, 5.41) is 20.2. The molecule has 0 saturated carbocycles. The normalized spacial score (nSPS) is 18.6. The highest BCUT2D eigenvalue weighted by atomic mass is 16.4. The van der Waals surface area contributed by atoms with Crippen LogP contribution in [0.1, 0.15) is 19.3 Å². The summed E-state index contributed by atoms with van der Waals surface area (Å²) in [6.07, 6.45) is 2.11. The number of carbonyl (C=O) groups excluding carboxylic acids is 1. The number of rotatable bonds is 6. The van der Waals surface area contributed by atoms with Crippen molar-refractivity contribution < 1.29 is 19.8 Å². The van der Waals surface area contributed by atoms with E-state index in [1.165, 1.54) is 4.90 Å². The summed E-state index contributed by atoms with van der Waals surface area (Å²) in [5.41, 5.74) is 0. The Labute approximate surface area is 119 Å². The molecule has 3 N–H and O–H groups in total. The van der Waals surface area contributed by atoms with E-state index in [4.69, 9.17) is 10.2 Å². The number of aliphatic carboxylic acids is 1. The SMILES string of the molecule is CN1CCC(CN(C)C(=O)NC(CCO)C(=O)O)CC1. The third-order valence-electron chi connectivity index (χ3n) is 3.73. The van der Waals surface area contributed by atoms with Gasteiger partial charge in [0, 0.05) is 26.6 Å². The maximum absolute atomic E-state index is 11.9. The van der Waals surface area contributed by atoms with E-state index in [1.54, 1.807) is 7.05 Å². The molecule has 2 amide bonds. The van der Waals surface area contributed by atoms with Gasteiger partial charge in [-0.05, 0) is 38.9 Å². The topological polar surface area (TPSA) is 93.1 Å². The molecule has 0 aliphatic carbocycles. The van der Waals surface area contributed by atoms with Crippen LogP contribution in [-0.2, 0) is 4.79 Å². The highest BCUT2D eigenvalue weighted by Gasteiger charge is 2.24. The van der Waals surface area contributed by atoms with Gasteiger partial charge in [0.1, 0.15) is 6.04 Å². The van der Waals surface area contributed by atoms with Crippen LogP contribution in [0.15, 0.2) is 0 Å². The molecule has 1 fully saturated rings. The van der Waals surface area contributed by atoms with Gasteiger partial charge in [0.15, 0.2) is 0 Å². The lowest BCUT2D eigenvalue weighted by atomic mass is 9.97. The minimum absolute atomic E-state index is 0.0170. The van der Waals surface area contributed by atoms with Crippen molar-refractivity contribution in [3.63, 3.8) is 0 Å². The molecule has 1 saturated heterocycles. The predicted molar refractivity (Wildman–Crippen MR) is 74.5 cm³/mol. The number of hydrogen-bond acceptors (Lipinski definition) is 4. The van der Waals surface area contributed by atoms with Crippen LogP contribution in [0.2, 0.25) is 0 Å². The van der Waals surface area contributed by atoms with Crippen molar-refractivity contribution in [2.75, 3.05) is 40.3 Å². The third-order valence-corrected chi connectivity index (χ3v) is 3.73. The second-order valence-corrected chi connectivity index (χ2v) is 5.48. The number of amides is 2. The average Bonchev–Trinajstić information content (AvgIpc) is 2.40. The summed E-state index contributed by atoms with van der Waals surface area (Å²) in [7, 11) is 3.75. The predicted octanol–water partition coefficient (Wildman–Crippen LogP) is -0.195.